The molecule has 0 spiro atoms. The zero-order valence-electron chi connectivity index (χ0n) is 7.48. The topological polar surface area (TPSA) is 55.6 Å². The molecule has 0 saturated heterocycles. The van der Waals surface area contributed by atoms with Gasteiger partial charge in [0.25, 0.3) is 0 Å². The maximum Gasteiger partial charge on any atom is 0.193 e. The number of rotatable bonds is 2. The van der Waals surface area contributed by atoms with Crippen molar-refractivity contribution in [2.75, 3.05) is 12.4 Å². The Morgan fingerprint density at radius 3 is 2.64 bits per heavy atom. The van der Waals surface area contributed by atoms with Crippen molar-refractivity contribution in [3.63, 3.8) is 0 Å². The Hall–Kier alpha value is -1.62. The number of anilines is 1. The van der Waals surface area contributed by atoms with Crippen LogP contribution >= 0.6 is 11.6 Å². The Morgan fingerprint density at radius 1 is 1.36 bits per heavy atom. The molecule has 0 unspecified atom stereocenters. The van der Waals surface area contributed by atoms with Crippen molar-refractivity contribution in [3.05, 3.63) is 29.7 Å². The highest BCUT2D eigenvalue weighted by molar-refractivity contribution is 6.32. The molecule has 2 rings (SSSR count). The summed E-state index contributed by atoms with van der Waals surface area (Å²) in [5.74, 6) is 0.524. The van der Waals surface area contributed by atoms with Gasteiger partial charge in [0.1, 0.15) is 0 Å². The first-order chi connectivity index (χ1) is 6.81. The molecular formula is C8H8ClN5. The van der Waals surface area contributed by atoms with Gasteiger partial charge in [0, 0.05) is 7.05 Å². The third-order valence-corrected chi connectivity index (χ3v) is 2.00. The average Bonchev–Trinajstić information content (AvgIpc) is 2.70. The zero-order valence-corrected chi connectivity index (χ0v) is 8.23. The summed E-state index contributed by atoms with van der Waals surface area (Å²) >= 11 is 6.00. The Labute approximate surface area is 85.7 Å². The molecule has 6 heteroatoms. The molecule has 0 amide bonds. The molecule has 0 saturated carbocycles. The molecule has 0 fully saturated rings. The minimum absolute atomic E-state index is 0.507. The molecule has 0 aromatic carbocycles. The van der Waals surface area contributed by atoms with Gasteiger partial charge in [-0.25, -0.2) is 4.98 Å². The predicted octanol–water partition coefficient (Wildman–Crippen LogP) is 1.36. The van der Waals surface area contributed by atoms with Crippen molar-refractivity contribution in [3.8, 4) is 5.82 Å². The lowest BCUT2D eigenvalue weighted by atomic mass is 10.4. The number of aromatic nitrogens is 4. The van der Waals surface area contributed by atoms with Crippen molar-refractivity contribution < 1.29 is 0 Å². The lowest BCUT2D eigenvalue weighted by Gasteiger charge is -2.03. The normalized spacial score (nSPS) is 10.1. The van der Waals surface area contributed by atoms with Crippen LogP contribution in [0.2, 0.25) is 5.02 Å². The van der Waals surface area contributed by atoms with Gasteiger partial charge in [-0.3, -0.25) is 0 Å². The summed E-state index contributed by atoms with van der Waals surface area (Å²) in [6, 6.07) is 1.77. The molecule has 72 valence electrons. The third-order valence-electron chi connectivity index (χ3n) is 1.72. The second-order valence-electron chi connectivity index (χ2n) is 2.60. The van der Waals surface area contributed by atoms with Gasteiger partial charge in [0.15, 0.2) is 5.82 Å². The van der Waals surface area contributed by atoms with E-state index >= 15 is 0 Å². The summed E-state index contributed by atoms with van der Waals surface area (Å²) in [5.41, 5.74) is 0.853. The molecule has 5 nitrogen and oxygen atoms in total. The van der Waals surface area contributed by atoms with E-state index in [4.69, 9.17) is 11.6 Å². The summed E-state index contributed by atoms with van der Waals surface area (Å²) in [7, 11) is 1.80. The lowest BCUT2D eigenvalue weighted by Crippen LogP contribution is -2.03. The van der Waals surface area contributed by atoms with Crippen LogP contribution in [0.25, 0.3) is 5.82 Å². The molecule has 14 heavy (non-hydrogen) atoms. The molecule has 2 heterocycles. The van der Waals surface area contributed by atoms with Crippen LogP contribution in [-0.4, -0.2) is 27.0 Å². The van der Waals surface area contributed by atoms with Crippen LogP contribution in [0.1, 0.15) is 0 Å². The van der Waals surface area contributed by atoms with Gasteiger partial charge >= 0.3 is 0 Å². The van der Waals surface area contributed by atoms with Gasteiger partial charge in [-0.05, 0) is 6.07 Å². The smallest absolute Gasteiger partial charge is 0.193 e. The van der Waals surface area contributed by atoms with Gasteiger partial charge in [-0.1, -0.05) is 11.6 Å². The molecular weight excluding hydrogens is 202 g/mol. The molecule has 0 radical (unpaired) electrons. The predicted molar refractivity (Wildman–Crippen MR) is 53.7 cm³/mol. The SMILES string of the molecule is CNc1cnc(-n2nccn2)c(Cl)c1. The largest absolute Gasteiger partial charge is 0.387 e. The number of hydrogen-bond acceptors (Lipinski definition) is 4. The second kappa shape index (κ2) is 3.63. The van der Waals surface area contributed by atoms with Gasteiger partial charge in [0.05, 0.1) is 29.3 Å². The molecule has 0 aliphatic rings. The molecule has 2 aromatic heterocycles. The second-order valence-corrected chi connectivity index (χ2v) is 3.01. The molecule has 0 atom stereocenters. The molecule has 2 aromatic rings. The van der Waals surface area contributed by atoms with E-state index in [9.17, 15) is 0 Å². The van der Waals surface area contributed by atoms with E-state index in [0.29, 0.717) is 10.8 Å². The highest BCUT2D eigenvalue weighted by atomic mass is 35.5. The van der Waals surface area contributed by atoms with Crippen molar-refractivity contribution in [2.24, 2.45) is 0 Å². The van der Waals surface area contributed by atoms with Crippen molar-refractivity contribution in [1.82, 2.24) is 20.0 Å². The number of pyridine rings is 1. The molecule has 0 aliphatic heterocycles. The first kappa shape index (κ1) is 8.96. The minimum atomic E-state index is 0.507. The Kier molecular flexibility index (Phi) is 2.32. The lowest BCUT2D eigenvalue weighted by molar-refractivity contribution is 0.730. The summed E-state index contributed by atoms with van der Waals surface area (Å²) in [6.45, 7) is 0. The first-order valence-electron chi connectivity index (χ1n) is 4.01. The number of hydrogen-bond donors (Lipinski definition) is 1. The average molecular weight is 210 g/mol. The number of nitrogens with zero attached hydrogens (tertiary/aromatic N) is 4. The highest BCUT2D eigenvalue weighted by Crippen LogP contribution is 2.19. The summed E-state index contributed by atoms with van der Waals surface area (Å²) in [5, 5.41) is 11.3. The van der Waals surface area contributed by atoms with Crippen LogP contribution in [0.5, 0.6) is 0 Å². The van der Waals surface area contributed by atoms with Crippen LogP contribution < -0.4 is 5.32 Å². The Balaban J connectivity index is 2.46. The first-order valence-corrected chi connectivity index (χ1v) is 4.39. The summed E-state index contributed by atoms with van der Waals surface area (Å²) in [4.78, 5) is 5.51. The third kappa shape index (κ3) is 1.54. The maximum atomic E-state index is 6.00. The maximum absolute atomic E-state index is 6.00. The summed E-state index contributed by atoms with van der Waals surface area (Å²) in [6.07, 6.45) is 4.82. The Morgan fingerprint density at radius 2 is 2.07 bits per heavy atom. The number of nitrogens with one attached hydrogen (secondary N) is 1. The fraction of sp³-hybridized carbons (Fsp3) is 0.125. The summed E-state index contributed by atoms with van der Waals surface area (Å²) < 4.78 is 0. The quantitative estimate of drug-likeness (QED) is 0.812. The monoisotopic (exact) mass is 209 g/mol. The molecule has 0 bridgehead atoms. The van der Waals surface area contributed by atoms with Crippen LogP contribution in [0.4, 0.5) is 5.69 Å². The van der Waals surface area contributed by atoms with E-state index in [0.717, 1.165) is 5.69 Å². The number of halogens is 1. The van der Waals surface area contributed by atoms with E-state index in [1.807, 2.05) is 0 Å². The zero-order chi connectivity index (χ0) is 9.97. The fourth-order valence-electron chi connectivity index (χ4n) is 1.04. The standard InChI is InChI=1S/C8H8ClN5/c1-10-6-4-7(9)8(11-5-6)14-12-2-3-13-14/h2-5,10H,1H3. The van der Waals surface area contributed by atoms with Crippen LogP contribution in [0, 0.1) is 0 Å². The molecule has 0 aliphatic carbocycles. The van der Waals surface area contributed by atoms with E-state index in [1.165, 1.54) is 4.80 Å². The van der Waals surface area contributed by atoms with Crippen molar-refractivity contribution >= 4 is 17.3 Å². The van der Waals surface area contributed by atoms with Crippen molar-refractivity contribution in [2.45, 2.75) is 0 Å². The van der Waals surface area contributed by atoms with Crippen LogP contribution in [-0.2, 0) is 0 Å². The van der Waals surface area contributed by atoms with Crippen molar-refractivity contribution in [1.29, 1.82) is 0 Å². The van der Waals surface area contributed by atoms with Gasteiger partial charge in [-0.15, -0.1) is 4.80 Å². The van der Waals surface area contributed by atoms with E-state index < -0.39 is 0 Å². The minimum Gasteiger partial charge on any atom is -0.387 e. The fourth-order valence-corrected chi connectivity index (χ4v) is 1.28. The van der Waals surface area contributed by atoms with Crippen LogP contribution in [0.3, 0.4) is 0 Å². The van der Waals surface area contributed by atoms with E-state index in [2.05, 4.69) is 20.5 Å². The van der Waals surface area contributed by atoms with Crippen LogP contribution in [0.15, 0.2) is 24.7 Å². The van der Waals surface area contributed by atoms with Gasteiger partial charge < -0.3 is 5.32 Å². The molecule has 1 N–H and O–H groups in total. The van der Waals surface area contributed by atoms with E-state index in [1.54, 1.807) is 31.7 Å². The Bertz CT molecular complexity index is 425. The van der Waals surface area contributed by atoms with Gasteiger partial charge in [-0.2, -0.15) is 10.2 Å². The highest BCUT2D eigenvalue weighted by Gasteiger charge is 2.05. The van der Waals surface area contributed by atoms with Gasteiger partial charge in [0.2, 0.25) is 0 Å². The van der Waals surface area contributed by atoms with E-state index in [-0.39, 0.29) is 0 Å².